The number of hydrogen-bond donors (Lipinski definition) is 0. The second kappa shape index (κ2) is 10.8. The molecule has 1 saturated heterocycles. The molecule has 1 aliphatic heterocycles. The molecule has 10 nitrogen and oxygen atoms in total. The van der Waals surface area contributed by atoms with Gasteiger partial charge in [-0.25, -0.2) is 0 Å². The van der Waals surface area contributed by atoms with Crippen molar-refractivity contribution in [2.45, 2.75) is 0 Å². The van der Waals surface area contributed by atoms with Crippen molar-refractivity contribution in [3.8, 4) is 17.2 Å². The summed E-state index contributed by atoms with van der Waals surface area (Å²) >= 11 is 16.0. The number of halogens is 2. The Morgan fingerprint density at radius 3 is 2.49 bits per heavy atom. The average Bonchev–Trinajstić information content (AvgIpc) is 3.14. The average molecular weight is 623 g/mol. The maximum Gasteiger partial charge on any atom is 0.318 e. The summed E-state index contributed by atoms with van der Waals surface area (Å²) in [4.78, 5) is 36.0. The first-order chi connectivity index (χ1) is 17.6. The van der Waals surface area contributed by atoms with Crippen molar-refractivity contribution < 1.29 is 24.1 Å². The van der Waals surface area contributed by atoms with Crippen LogP contribution in [0, 0.1) is 20.2 Å². The summed E-state index contributed by atoms with van der Waals surface area (Å²) in [6, 6.07) is 12.9. The molecule has 3 aromatic carbocycles. The molecular formula is C23H13BrClN3O7S2. The van der Waals surface area contributed by atoms with Gasteiger partial charge in [-0.2, -0.15) is 0 Å². The number of ether oxygens (including phenoxy) is 2. The largest absolute Gasteiger partial charge is 0.493 e. The van der Waals surface area contributed by atoms with Gasteiger partial charge >= 0.3 is 5.69 Å². The lowest BCUT2D eigenvalue weighted by Gasteiger charge is -2.15. The number of para-hydroxylation sites is 1. The van der Waals surface area contributed by atoms with Crippen LogP contribution in [0.2, 0.25) is 5.02 Å². The number of nitrogens with zero attached hydrogens (tertiary/aromatic N) is 3. The molecule has 14 heteroatoms. The number of thiocarbonyl (C=S) groups is 1. The minimum atomic E-state index is -0.786. The fraction of sp³-hybridized carbons (Fsp3) is 0.0435. The van der Waals surface area contributed by atoms with Gasteiger partial charge in [-0.05, 0) is 52.3 Å². The van der Waals surface area contributed by atoms with Crippen molar-refractivity contribution in [1.29, 1.82) is 0 Å². The Morgan fingerprint density at radius 1 is 1.08 bits per heavy atom. The van der Waals surface area contributed by atoms with Gasteiger partial charge in [0.1, 0.15) is 0 Å². The monoisotopic (exact) mass is 621 g/mol. The van der Waals surface area contributed by atoms with Gasteiger partial charge in [0, 0.05) is 16.1 Å². The van der Waals surface area contributed by atoms with Gasteiger partial charge in [0.25, 0.3) is 11.6 Å². The van der Waals surface area contributed by atoms with Gasteiger partial charge in [-0.15, -0.1) is 0 Å². The van der Waals surface area contributed by atoms with Crippen molar-refractivity contribution in [2.75, 3.05) is 12.0 Å². The zero-order valence-electron chi connectivity index (χ0n) is 18.5. The third-order valence-corrected chi connectivity index (χ3v) is 7.57. The molecule has 0 aromatic heterocycles. The molecule has 188 valence electrons. The van der Waals surface area contributed by atoms with Crippen LogP contribution in [0.4, 0.5) is 17.1 Å². The van der Waals surface area contributed by atoms with E-state index in [4.69, 9.17) is 33.3 Å². The highest BCUT2D eigenvalue weighted by atomic mass is 79.9. The third-order valence-electron chi connectivity index (χ3n) is 5.03. The van der Waals surface area contributed by atoms with E-state index in [0.29, 0.717) is 20.7 Å². The zero-order valence-corrected chi connectivity index (χ0v) is 22.5. The van der Waals surface area contributed by atoms with Crippen LogP contribution in [-0.4, -0.2) is 27.2 Å². The lowest BCUT2D eigenvalue weighted by Crippen LogP contribution is -2.27. The molecule has 0 unspecified atom stereocenters. The molecule has 0 saturated carbocycles. The van der Waals surface area contributed by atoms with Crippen LogP contribution in [0.5, 0.6) is 17.2 Å². The van der Waals surface area contributed by atoms with Crippen LogP contribution in [-0.2, 0) is 4.79 Å². The highest BCUT2D eigenvalue weighted by molar-refractivity contribution is 9.10. The van der Waals surface area contributed by atoms with Crippen LogP contribution < -0.4 is 14.4 Å². The second-order valence-corrected chi connectivity index (χ2v) is 10.2. The van der Waals surface area contributed by atoms with E-state index in [0.717, 1.165) is 30.0 Å². The summed E-state index contributed by atoms with van der Waals surface area (Å²) in [6.07, 6.45) is 1.52. The maximum atomic E-state index is 13.3. The quantitative estimate of drug-likeness (QED) is 0.117. The van der Waals surface area contributed by atoms with E-state index >= 15 is 0 Å². The molecule has 0 bridgehead atoms. The second-order valence-electron chi connectivity index (χ2n) is 7.26. The molecule has 3 aromatic rings. The highest BCUT2D eigenvalue weighted by Gasteiger charge is 2.34. The predicted octanol–water partition coefficient (Wildman–Crippen LogP) is 7.13. The van der Waals surface area contributed by atoms with Gasteiger partial charge in [-0.3, -0.25) is 29.9 Å². The number of thioether (sulfide) groups is 1. The molecule has 4 rings (SSSR count). The number of carbonyl (C=O) groups is 1. The summed E-state index contributed by atoms with van der Waals surface area (Å²) in [7, 11) is 1.38. The summed E-state index contributed by atoms with van der Waals surface area (Å²) < 4.78 is 12.2. The van der Waals surface area contributed by atoms with E-state index in [-0.39, 0.29) is 26.5 Å². The van der Waals surface area contributed by atoms with Crippen molar-refractivity contribution in [3.63, 3.8) is 0 Å². The van der Waals surface area contributed by atoms with E-state index in [9.17, 15) is 25.0 Å². The Balaban J connectivity index is 1.75. The molecular weight excluding hydrogens is 610 g/mol. The number of methoxy groups -OCH3 is 1. The normalized spacial score (nSPS) is 14.2. The standard InChI is InChI=1S/C23H13BrClN3O7S2/c1-34-19-4-2-3-12(21(19)35-18-8-6-14(27(30)31)11-17(18)28(32)33)9-20-22(29)26(23(36)37-20)13-5-7-15(24)16(25)10-13/h2-11H,1H3/b20-9+. The molecule has 0 atom stereocenters. The Hall–Kier alpha value is -3.52. The fourth-order valence-electron chi connectivity index (χ4n) is 3.33. The summed E-state index contributed by atoms with van der Waals surface area (Å²) in [5.74, 6) is -0.356. The van der Waals surface area contributed by atoms with Crippen molar-refractivity contribution in [2.24, 2.45) is 0 Å². The van der Waals surface area contributed by atoms with Crippen LogP contribution >= 0.6 is 51.5 Å². The molecule has 1 aliphatic rings. The van der Waals surface area contributed by atoms with E-state index in [1.165, 1.54) is 18.1 Å². The Bertz CT molecular complexity index is 1520. The van der Waals surface area contributed by atoms with Crippen LogP contribution in [0.25, 0.3) is 6.08 Å². The van der Waals surface area contributed by atoms with Crippen LogP contribution in [0.1, 0.15) is 5.56 Å². The summed E-state index contributed by atoms with van der Waals surface area (Å²) in [5.41, 5.74) is -0.218. The number of hydrogen-bond acceptors (Lipinski definition) is 9. The highest BCUT2D eigenvalue weighted by Crippen LogP contribution is 2.43. The number of non-ortho nitro benzene ring substituents is 1. The number of carbonyl (C=O) groups excluding carboxylic acids is 1. The van der Waals surface area contributed by atoms with Crippen molar-refractivity contribution in [3.05, 3.63) is 94.8 Å². The molecule has 1 amide bonds. The molecule has 0 spiro atoms. The first-order valence-electron chi connectivity index (χ1n) is 10.1. The lowest BCUT2D eigenvalue weighted by atomic mass is 10.1. The number of benzene rings is 3. The predicted molar refractivity (Wildman–Crippen MR) is 148 cm³/mol. The van der Waals surface area contributed by atoms with Gasteiger partial charge in [-0.1, -0.05) is 47.7 Å². The van der Waals surface area contributed by atoms with E-state index in [2.05, 4.69) is 15.9 Å². The zero-order chi connectivity index (χ0) is 26.9. The molecule has 1 fully saturated rings. The molecule has 0 N–H and O–H groups in total. The van der Waals surface area contributed by atoms with Gasteiger partial charge < -0.3 is 9.47 Å². The number of amides is 1. The number of nitro groups is 2. The number of anilines is 1. The first-order valence-corrected chi connectivity index (χ1v) is 12.5. The Labute approximate surface area is 232 Å². The minimum Gasteiger partial charge on any atom is -0.493 e. The van der Waals surface area contributed by atoms with Crippen LogP contribution in [0.15, 0.2) is 64.0 Å². The maximum absolute atomic E-state index is 13.3. The summed E-state index contributed by atoms with van der Waals surface area (Å²) in [6.45, 7) is 0. The Kier molecular flexibility index (Phi) is 7.78. The SMILES string of the molecule is COc1cccc(/C=C2/SC(=S)N(c3ccc(Br)c(Cl)c3)C2=O)c1Oc1ccc([N+](=O)[O-])cc1[N+](=O)[O-]. The number of nitro benzene ring substituents is 2. The fourth-order valence-corrected chi connectivity index (χ4v) is 5.04. The van der Waals surface area contributed by atoms with Gasteiger partial charge in [0.2, 0.25) is 5.75 Å². The lowest BCUT2D eigenvalue weighted by molar-refractivity contribution is -0.394. The van der Waals surface area contributed by atoms with Crippen LogP contribution in [0.3, 0.4) is 0 Å². The van der Waals surface area contributed by atoms with E-state index in [1.807, 2.05) is 0 Å². The van der Waals surface area contributed by atoms with E-state index < -0.39 is 27.1 Å². The molecule has 37 heavy (non-hydrogen) atoms. The Morgan fingerprint density at radius 2 is 1.84 bits per heavy atom. The van der Waals surface area contributed by atoms with Gasteiger partial charge in [0.05, 0.1) is 38.6 Å². The van der Waals surface area contributed by atoms with E-state index in [1.54, 1.807) is 36.4 Å². The van der Waals surface area contributed by atoms with Crippen molar-refractivity contribution in [1.82, 2.24) is 0 Å². The van der Waals surface area contributed by atoms with Crippen molar-refractivity contribution >= 4 is 84.9 Å². The number of rotatable bonds is 7. The summed E-state index contributed by atoms with van der Waals surface area (Å²) in [5, 5.41) is 23.1. The first kappa shape index (κ1) is 26.5. The smallest absolute Gasteiger partial charge is 0.318 e. The topological polar surface area (TPSA) is 125 Å². The minimum absolute atomic E-state index is 0.0684. The van der Waals surface area contributed by atoms with Gasteiger partial charge in [0.15, 0.2) is 15.8 Å². The molecule has 0 aliphatic carbocycles. The molecule has 1 heterocycles. The third kappa shape index (κ3) is 5.44. The molecule has 0 radical (unpaired) electrons.